The van der Waals surface area contributed by atoms with Crippen LogP contribution >= 0.6 is 0 Å². The maximum Gasteiger partial charge on any atom is 0.310 e. The number of benzene rings is 1. The number of carbonyl (C=O) groups excluding carboxylic acids is 1. The van der Waals surface area contributed by atoms with E-state index in [1.807, 2.05) is 12.1 Å². The first-order valence-electron chi connectivity index (χ1n) is 10.3. The molecular weight excluding hydrogens is 341 g/mol. The third kappa shape index (κ3) is 3.69. The highest BCUT2D eigenvalue weighted by molar-refractivity contribution is 5.76. The molecule has 0 radical (unpaired) electrons. The summed E-state index contributed by atoms with van der Waals surface area (Å²) in [6.45, 7) is 6.10. The number of hydrogen-bond donors (Lipinski definition) is 1. The molecule has 4 atom stereocenters. The molecule has 0 spiro atoms. The molecule has 1 heterocycles. The lowest BCUT2D eigenvalue weighted by molar-refractivity contribution is -0.145. The fourth-order valence-electron chi connectivity index (χ4n) is 5.49. The van der Waals surface area contributed by atoms with E-state index in [2.05, 4.69) is 19.2 Å². The molecule has 27 heavy (non-hydrogen) atoms. The van der Waals surface area contributed by atoms with E-state index in [9.17, 15) is 9.18 Å². The Labute approximate surface area is 161 Å². The van der Waals surface area contributed by atoms with Gasteiger partial charge < -0.3 is 10.1 Å². The monoisotopic (exact) mass is 371 g/mol. The fourth-order valence-corrected chi connectivity index (χ4v) is 5.49. The number of allylic oxidation sites excluding steroid dienone is 2. The van der Waals surface area contributed by atoms with Gasteiger partial charge in [0.05, 0.1) is 5.92 Å². The van der Waals surface area contributed by atoms with Crippen LogP contribution < -0.4 is 5.32 Å². The van der Waals surface area contributed by atoms with Crippen LogP contribution in [0.15, 0.2) is 35.4 Å². The molecule has 4 heteroatoms. The van der Waals surface area contributed by atoms with Gasteiger partial charge in [-0.25, -0.2) is 4.39 Å². The molecule has 1 saturated carbocycles. The van der Waals surface area contributed by atoms with Gasteiger partial charge in [0.1, 0.15) is 11.9 Å². The van der Waals surface area contributed by atoms with Gasteiger partial charge in [-0.2, -0.15) is 0 Å². The zero-order valence-electron chi connectivity index (χ0n) is 16.4. The number of hydrogen-bond acceptors (Lipinski definition) is 3. The van der Waals surface area contributed by atoms with E-state index >= 15 is 0 Å². The van der Waals surface area contributed by atoms with Gasteiger partial charge >= 0.3 is 5.97 Å². The molecule has 0 bridgehead atoms. The Morgan fingerprint density at radius 1 is 1.30 bits per heavy atom. The maximum atomic E-state index is 13.0. The molecule has 0 amide bonds. The molecule has 3 aliphatic rings. The highest BCUT2D eigenvalue weighted by Crippen LogP contribution is 2.54. The minimum atomic E-state index is -0.205. The Morgan fingerprint density at radius 2 is 2.07 bits per heavy atom. The molecule has 2 fully saturated rings. The largest absolute Gasteiger partial charge is 0.462 e. The second kappa shape index (κ2) is 7.38. The predicted molar refractivity (Wildman–Crippen MR) is 104 cm³/mol. The third-order valence-corrected chi connectivity index (χ3v) is 7.05. The van der Waals surface area contributed by atoms with Crippen molar-refractivity contribution in [3.05, 3.63) is 46.8 Å². The third-order valence-electron chi connectivity index (χ3n) is 7.05. The molecule has 1 saturated heterocycles. The molecule has 0 aromatic heterocycles. The van der Waals surface area contributed by atoms with Crippen molar-refractivity contribution >= 4 is 5.97 Å². The predicted octanol–water partition coefficient (Wildman–Crippen LogP) is 4.42. The minimum Gasteiger partial charge on any atom is -0.462 e. The molecule has 3 nitrogen and oxygen atoms in total. The Hall–Kier alpha value is -1.68. The molecule has 1 aliphatic heterocycles. The van der Waals surface area contributed by atoms with Crippen molar-refractivity contribution in [1.29, 1.82) is 0 Å². The van der Waals surface area contributed by atoms with Crippen LogP contribution in [0.5, 0.6) is 0 Å². The summed E-state index contributed by atoms with van der Waals surface area (Å²) < 4.78 is 18.8. The topological polar surface area (TPSA) is 38.3 Å². The normalized spacial score (nSPS) is 32.9. The van der Waals surface area contributed by atoms with E-state index in [1.54, 1.807) is 11.1 Å². The van der Waals surface area contributed by atoms with Gasteiger partial charge in [-0.3, -0.25) is 4.79 Å². The lowest BCUT2D eigenvalue weighted by Gasteiger charge is -2.45. The van der Waals surface area contributed by atoms with Crippen molar-refractivity contribution in [2.24, 2.45) is 17.3 Å². The van der Waals surface area contributed by atoms with Gasteiger partial charge in [0, 0.05) is 12.5 Å². The first-order valence-corrected chi connectivity index (χ1v) is 10.3. The highest BCUT2D eigenvalue weighted by atomic mass is 19.1. The lowest BCUT2D eigenvalue weighted by Crippen LogP contribution is -2.40. The van der Waals surface area contributed by atoms with Crippen molar-refractivity contribution in [3.63, 3.8) is 0 Å². The van der Waals surface area contributed by atoms with E-state index in [1.165, 1.54) is 31.4 Å². The average molecular weight is 371 g/mol. The summed E-state index contributed by atoms with van der Waals surface area (Å²) in [7, 11) is 0. The SMILES string of the molecule is CC1=C2C[C@H]3[C@H](CNCCc4ccc(F)cc4)C(=O)O[C@@H]3C[C@@]2(C)CCC1. The Bertz CT molecular complexity index is 741. The van der Waals surface area contributed by atoms with Crippen molar-refractivity contribution in [2.75, 3.05) is 13.1 Å². The van der Waals surface area contributed by atoms with Gasteiger partial charge in [0.25, 0.3) is 0 Å². The van der Waals surface area contributed by atoms with E-state index in [4.69, 9.17) is 4.74 Å². The molecular formula is C23H30FNO2. The summed E-state index contributed by atoms with van der Waals surface area (Å²) in [6, 6.07) is 6.62. The van der Waals surface area contributed by atoms with E-state index in [0.717, 1.165) is 31.4 Å². The number of halogens is 1. The van der Waals surface area contributed by atoms with E-state index in [0.29, 0.717) is 12.5 Å². The van der Waals surface area contributed by atoms with Crippen molar-refractivity contribution < 1.29 is 13.9 Å². The van der Waals surface area contributed by atoms with E-state index < -0.39 is 0 Å². The number of rotatable bonds is 5. The summed E-state index contributed by atoms with van der Waals surface area (Å²) in [6.07, 6.45) is 6.61. The average Bonchev–Trinajstić information content (AvgIpc) is 2.92. The maximum absolute atomic E-state index is 13.0. The van der Waals surface area contributed by atoms with Crippen LogP contribution in [0.2, 0.25) is 0 Å². The van der Waals surface area contributed by atoms with Gasteiger partial charge in [-0.1, -0.05) is 30.2 Å². The van der Waals surface area contributed by atoms with Crippen LogP contribution in [0.1, 0.15) is 51.5 Å². The summed E-state index contributed by atoms with van der Waals surface area (Å²) in [4.78, 5) is 12.5. The summed E-state index contributed by atoms with van der Waals surface area (Å²) in [5, 5.41) is 3.44. The van der Waals surface area contributed by atoms with E-state index in [-0.39, 0.29) is 29.2 Å². The molecule has 1 aromatic carbocycles. The van der Waals surface area contributed by atoms with Crippen LogP contribution in [-0.2, 0) is 16.0 Å². The van der Waals surface area contributed by atoms with Gasteiger partial charge in [0.2, 0.25) is 0 Å². The zero-order chi connectivity index (χ0) is 19.0. The fraction of sp³-hybridized carbons (Fsp3) is 0.609. The van der Waals surface area contributed by atoms with Crippen LogP contribution in [0.4, 0.5) is 4.39 Å². The first-order chi connectivity index (χ1) is 13.0. The Kier molecular flexibility index (Phi) is 5.11. The number of ether oxygens (including phenoxy) is 1. The first kappa shape index (κ1) is 18.7. The lowest BCUT2D eigenvalue weighted by atomic mass is 9.59. The number of esters is 1. The van der Waals surface area contributed by atoms with Crippen LogP contribution in [0, 0.1) is 23.1 Å². The number of nitrogens with one attached hydrogen (secondary N) is 1. The van der Waals surface area contributed by atoms with Crippen LogP contribution in [-0.4, -0.2) is 25.2 Å². The van der Waals surface area contributed by atoms with Gasteiger partial charge in [-0.05, 0) is 75.1 Å². The minimum absolute atomic E-state index is 0.0280. The molecule has 0 unspecified atom stereocenters. The smallest absolute Gasteiger partial charge is 0.310 e. The summed E-state index contributed by atoms with van der Waals surface area (Å²) in [5.41, 5.74) is 4.48. The number of fused-ring (bicyclic) bond motifs is 2. The molecule has 4 rings (SSSR count). The van der Waals surface area contributed by atoms with Crippen molar-refractivity contribution in [1.82, 2.24) is 5.32 Å². The standard InChI is InChI=1S/C23H30FNO2/c1-15-4-3-10-23(2)13-21-18(12-20(15)23)19(22(26)27-21)14-25-11-9-16-5-7-17(24)8-6-16/h5-8,18-19,21,25H,3-4,9-14H2,1-2H3/t18-,19-,21+,23+/m0/s1. The van der Waals surface area contributed by atoms with Crippen LogP contribution in [0.3, 0.4) is 0 Å². The van der Waals surface area contributed by atoms with Crippen molar-refractivity contribution in [3.8, 4) is 0 Å². The second-order valence-corrected chi connectivity index (χ2v) is 8.91. The van der Waals surface area contributed by atoms with Crippen molar-refractivity contribution in [2.45, 2.75) is 58.5 Å². The Morgan fingerprint density at radius 3 is 2.85 bits per heavy atom. The molecule has 2 aliphatic carbocycles. The summed E-state index contributed by atoms with van der Waals surface area (Å²) in [5.74, 6) is 0.0322. The van der Waals surface area contributed by atoms with Crippen LogP contribution in [0.25, 0.3) is 0 Å². The molecule has 1 N–H and O–H groups in total. The van der Waals surface area contributed by atoms with Gasteiger partial charge in [-0.15, -0.1) is 0 Å². The summed E-state index contributed by atoms with van der Waals surface area (Å²) >= 11 is 0. The zero-order valence-corrected chi connectivity index (χ0v) is 16.4. The second-order valence-electron chi connectivity index (χ2n) is 8.91. The Balaban J connectivity index is 1.36. The van der Waals surface area contributed by atoms with Gasteiger partial charge in [0.15, 0.2) is 0 Å². The highest BCUT2D eigenvalue weighted by Gasteiger charge is 2.52. The molecule has 1 aromatic rings. The quantitative estimate of drug-likeness (QED) is 0.473. The molecule has 146 valence electrons. The number of carbonyl (C=O) groups is 1.